The van der Waals surface area contributed by atoms with Gasteiger partial charge >= 0.3 is 0 Å². The van der Waals surface area contributed by atoms with Gasteiger partial charge in [-0.05, 0) is 25.8 Å². The molecule has 0 unspecified atom stereocenters. The van der Waals surface area contributed by atoms with Crippen molar-refractivity contribution in [2.24, 2.45) is 0 Å². The Morgan fingerprint density at radius 2 is 2.41 bits per heavy atom. The van der Waals surface area contributed by atoms with Crippen molar-refractivity contribution in [3.63, 3.8) is 0 Å². The molecule has 1 aromatic heterocycles. The lowest BCUT2D eigenvalue weighted by Gasteiger charge is -2.08. The Kier molecular flexibility index (Phi) is 4.15. The summed E-state index contributed by atoms with van der Waals surface area (Å²) in [5.74, 6) is 0.897. The Morgan fingerprint density at radius 3 is 3.12 bits per heavy atom. The van der Waals surface area contributed by atoms with Crippen LogP contribution in [0.3, 0.4) is 0 Å². The zero-order valence-electron chi connectivity index (χ0n) is 10.4. The van der Waals surface area contributed by atoms with Crippen molar-refractivity contribution in [2.45, 2.75) is 38.8 Å². The molecule has 1 aliphatic carbocycles. The van der Waals surface area contributed by atoms with Crippen LogP contribution in [-0.2, 0) is 6.54 Å². The minimum absolute atomic E-state index is 0.689. The predicted molar refractivity (Wildman–Crippen MR) is 69.0 cm³/mol. The smallest absolute Gasteiger partial charge is 0.122 e. The van der Waals surface area contributed by atoms with E-state index in [0.717, 1.165) is 30.0 Å². The highest BCUT2D eigenvalue weighted by Crippen LogP contribution is 2.19. The van der Waals surface area contributed by atoms with Crippen molar-refractivity contribution in [1.82, 2.24) is 10.3 Å². The molecular formula is C14H20N2O. The van der Waals surface area contributed by atoms with E-state index in [0.29, 0.717) is 12.6 Å². The van der Waals surface area contributed by atoms with Crippen LogP contribution in [0.4, 0.5) is 0 Å². The van der Waals surface area contributed by atoms with Crippen LogP contribution in [0.2, 0.25) is 0 Å². The maximum Gasteiger partial charge on any atom is 0.122 e. The number of ether oxygens (including phenoxy) is 1. The first kappa shape index (κ1) is 12.1. The number of pyridine rings is 1. The standard InChI is InChI=1S/C14H20N2O/c1-11(2)6-8-17-14-5-7-15-13(9-14)10-16-12-3-4-12/h5,7,9,12,16H,1,3-4,6,8,10H2,2H3. The highest BCUT2D eigenvalue weighted by Gasteiger charge is 2.20. The fraction of sp³-hybridized carbons (Fsp3) is 0.500. The van der Waals surface area contributed by atoms with Crippen LogP contribution in [0.1, 0.15) is 31.9 Å². The minimum Gasteiger partial charge on any atom is -0.493 e. The Labute approximate surface area is 103 Å². The van der Waals surface area contributed by atoms with Crippen LogP contribution in [0.25, 0.3) is 0 Å². The maximum absolute atomic E-state index is 5.65. The average Bonchev–Trinajstić information content (AvgIpc) is 3.10. The van der Waals surface area contributed by atoms with E-state index in [1.165, 1.54) is 12.8 Å². The molecule has 1 aromatic rings. The van der Waals surface area contributed by atoms with Gasteiger partial charge in [0, 0.05) is 31.3 Å². The molecule has 3 heteroatoms. The van der Waals surface area contributed by atoms with Crippen LogP contribution in [0, 0.1) is 0 Å². The van der Waals surface area contributed by atoms with Crippen LogP contribution in [0.15, 0.2) is 30.5 Å². The maximum atomic E-state index is 5.65. The molecule has 0 saturated heterocycles. The molecule has 92 valence electrons. The van der Waals surface area contributed by atoms with Gasteiger partial charge in [-0.2, -0.15) is 0 Å². The van der Waals surface area contributed by atoms with Crippen LogP contribution >= 0.6 is 0 Å². The van der Waals surface area contributed by atoms with Gasteiger partial charge in [0.2, 0.25) is 0 Å². The van der Waals surface area contributed by atoms with Crippen molar-refractivity contribution in [1.29, 1.82) is 0 Å². The molecule has 0 bridgehead atoms. The summed E-state index contributed by atoms with van der Waals surface area (Å²) in [6, 6.07) is 4.62. The number of aromatic nitrogens is 1. The largest absolute Gasteiger partial charge is 0.493 e. The normalized spacial score (nSPS) is 14.6. The van der Waals surface area contributed by atoms with Crippen molar-refractivity contribution in [3.8, 4) is 5.75 Å². The summed E-state index contributed by atoms with van der Waals surface area (Å²) in [5.41, 5.74) is 2.19. The number of nitrogens with zero attached hydrogens (tertiary/aromatic N) is 1. The molecule has 0 aliphatic heterocycles. The molecule has 1 fully saturated rings. The first-order valence-electron chi connectivity index (χ1n) is 6.19. The lowest BCUT2D eigenvalue weighted by atomic mass is 10.2. The summed E-state index contributed by atoms with van der Waals surface area (Å²) < 4.78 is 5.65. The fourth-order valence-electron chi connectivity index (χ4n) is 1.52. The van der Waals surface area contributed by atoms with E-state index in [1.54, 1.807) is 6.20 Å². The third-order valence-corrected chi connectivity index (χ3v) is 2.73. The molecule has 0 amide bonds. The van der Waals surface area contributed by atoms with Crippen LogP contribution in [0.5, 0.6) is 5.75 Å². The van der Waals surface area contributed by atoms with Gasteiger partial charge in [-0.25, -0.2) is 0 Å². The van der Waals surface area contributed by atoms with Crippen molar-refractivity contribution in [2.75, 3.05) is 6.61 Å². The molecule has 0 aromatic carbocycles. The highest BCUT2D eigenvalue weighted by molar-refractivity contribution is 5.22. The summed E-state index contributed by atoms with van der Waals surface area (Å²) in [6.45, 7) is 7.40. The second-order valence-electron chi connectivity index (χ2n) is 4.69. The van der Waals surface area contributed by atoms with Crippen molar-refractivity contribution < 1.29 is 4.74 Å². The molecule has 1 saturated carbocycles. The Morgan fingerprint density at radius 1 is 1.59 bits per heavy atom. The molecule has 0 atom stereocenters. The van der Waals surface area contributed by atoms with Gasteiger partial charge in [-0.3, -0.25) is 4.98 Å². The van der Waals surface area contributed by atoms with Crippen molar-refractivity contribution >= 4 is 0 Å². The van der Waals surface area contributed by atoms with Gasteiger partial charge in [0.1, 0.15) is 5.75 Å². The molecule has 1 N–H and O–H groups in total. The van der Waals surface area contributed by atoms with E-state index in [-0.39, 0.29) is 0 Å². The highest BCUT2D eigenvalue weighted by atomic mass is 16.5. The topological polar surface area (TPSA) is 34.1 Å². The van der Waals surface area contributed by atoms with Gasteiger partial charge in [0.05, 0.1) is 12.3 Å². The quantitative estimate of drug-likeness (QED) is 0.734. The van der Waals surface area contributed by atoms with Gasteiger partial charge in [0.15, 0.2) is 0 Å². The van der Waals surface area contributed by atoms with Gasteiger partial charge in [-0.1, -0.05) is 5.57 Å². The zero-order valence-corrected chi connectivity index (χ0v) is 10.4. The predicted octanol–water partition coefficient (Wildman–Crippen LogP) is 2.68. The molecule has 1 heterocycles. The van der Waals surface area contributed by atoms with E-state index in [1.807, 2.05) is 19.1 Å². The minimum atomic E-state index is 0.689. The Hall–Kier alpha value is -1.35. The van der Waals surface area contributed by atoms with Gasteiger partial charge < -0.3 is 10.1 Å². The lowest BCUT2D eigenvalue weighted by molar-refractivity contribution is 0.321. The Balaban J connectivity index is 1.79. The van der Waals surface area contributed by atoms with Crippen molar-refractivity contribution in [3.05, 3.63) is 36.2 Å². The van der Waals surface area contributed by atoms with E-state index in [2.05, 4.69) is 16.9 Å². The Bertz CT molecular complexity index is 386. The molecule has 0 spiro atoms. The number of rotatable bonds is 7. The van der Waals surface area contributed by atoms with Crippen LogP contribution < -0.4 is 10.1 Å². The molecule has 2 rings (SSSR count). The summed E-state index contributed by atoms with van der Waals surface area (Å²) in [7, 11) is 0. The molecule has 0 radical (unpaired) electrons. The summed E-state index contributed by atoms with van der Waals surface area (Å²) in [5, 5.41) is 3.44. The van der Waals surface area contributed by atoms with Gasteiger partial charge in [-0.15, -0.1) is 6.58 Å². The number of nitrogens with one attached hydrogen (secondary N) is 1. The monoisotopic (exact) mass is 232 g/mol. The second-order valence-corrected chi connectivity index (χ2v) is 4.69. The SMILES string of the molecule is C=C(C)CCOc1ccnc(CNC2CC2)c1. The molecule has 17 heavy (non-hydrogen) atoms. The fourth-order valence-corrected chi connectivity index (χ4v) is 1.52. The van der Waals surface area contributed by atoms with E-state index >= 15 is 0 Å². The van der Waals surface area contributed by atoms with E-state index in [4.69, 9.17) is 4.74 Å². The molecule has 1 aliphatic rings. The lowest BCUT2D eigenvalue weighted by Crippen LogP contribution is -2.16. The van der Waals surface area contributed by atoms with Crippen LogP contribution in [-0.4, -0.2) is 17.6 Å². The molecule has 3 nitrogen and oxygen atoms in total. The number of hydrogen-bond acceptors (Lipinski definition) is 3. The average molecular weight is 232 g/mol. The van der Waals surface area contributed by atoms with Gasteiger partial charge in [0.25, 0.3) is 0 Å². The summed E-state index contributed by atoms with van der Waals surface area (Å²) in [4.78, 5) is 4.32. The third kappa shape index (κ3) is 4.57. The summed E-state index contributed by atoms with van der Waals surface area (Å²) >= 11 is 0. The first-order chi connectivity index (χ1) is 8.24. The summed E-state index contributed by atoms with van der Waals surface area (Å²) in [6.07, 6.45) is 5.31. The number of hydrogen-bond donors (Lipinski definition) is 1. The van der Waals surface area contributed by atoms with E-state index < -0.39 is 0 Å². The second kappa shape index (κ2) is 5.82. The third-order valence-electron chi connectivity index (χ3n) is 2.73. The van der Waals surface area contributed by atoms with E-state index in [9.17, 15) is 0 Å². The first-order valence-corrected chi connectivity index (χ1v) is 6.19. The molecular weight excluding hydrogens is 212 g/mol. The zero-order chi connectivity index (χ0) is 12.1.